The molecule has 5 rings (SSSR count). The molecule has 0 unspecified atom stereocenters. The van der Waals surface area contributed by atoms with Gasteiger partial charge in [0, 0.05) is 55.9 Å². The lowest BCUT2D eigenvalue weighted by atomic mass is 10.0. The number of fused-ring (bicyclic) bond motifs is 1. The second-order valence-corrected chi connectivity index (χ2v) is 13.7. The highest BCUT2D eigenvalue weighted by molar-refractivity contribution is 6.34. The number of carbonyl (C=O) groups excluding carboxylic acids is 3. The molecule has 0 radical (unpaired) electrons. The van der Waals surface area contributed by atoms with Gasteiger partial charge >= 0.3 is 0 Å². The molecular weight excluding hydrogens is 697 g/mol. The number of nitrogens with one attached hydrogen (secondary N) is 2. The highest BCUT2D eigenvalue weighted by atomic mass is 35.5. The number of nitro groups is 1. The van der Waals surface area contributed by atoms with Crippen LogP contribution in [0, 0.1) is 15.9 Å². The van der Waals surface area contributed by atoms with Crippen molar-refractivity contribution in [3.8, 4) is 0 Å². The first kappa shape index (κ1) is 38.6. The molecule has 17 heteroatoms. The molecule has 280 valence electrons. The minimum Gasteiger partial charge on any atom is -0.366 e. The second-order valence-electron chi connectivity index (χ2n) is 13.3. The van der Waals surface area contributed by atoms with E-state index in [1.165, 1.54) is 18.3 Å². The maximum absolute atomic E-state index is 15.8. The first-order valence-corrected chi connectivity index (χ1v) is 17.9. The average Bonchev–Trinajstić information content (AvgIpc) is 3.97. The molecule has 2 aliphatic rings. The van der Waals surface area contributed by atoms with E-state index in [2.05, 4.69) is 10.6 Å². The number of non-ortho nitro benzene ring substituents is 1. The Bertz CT molecular complexity index is 1880. The summed E-state index contributed by atoms with van der Waals surface area (Å²) in [5, 5.41) is 16.4. The standard InChI is InChI=1S/C35H45ClFN9O6/c36-25-17-22(46(51)52)9-10-28(25)41-33(48)24-20-45(21-7-8-21)30-19-31(26(37)18-23(30)32(24)47)43-13-15-44(16-14-43)35(50)29(6-2-4-12-39)42-34(49)27(40)5-1-3-11-38/h9-10,17-21,27,29H,1-8,11-16,38-40H2,(H,41,48)(H,42,49)/t27-,29-/m0/s1. The van der Waals surface area contributed by atoms with Crippen LogP contribution >= 0.6 is 11.6 Å². The molecule has 52 heavy (non-hydrogen) atoms. The molecule has 3 amide bonds. The number of nitro benzene ring substituents is 1. The van der Waals surface area contributed by atoms with Gasteiger partial charge in [-0.1, -0.05) is 18.0 Å². The molecule has 2 aromatic carbocycles. The molecule has 1 aliphatic heterocycles. The van der Waals surface area contributed by atoms with Crippen LogP contribution in [-0.4, -0.2) is 83.5 Å². The lowest BCUT2D eigenvalue weighted by Crippen LogP contribution is -2.56. The summed E-state index contributed by atoms with van der Waals surface area (Å²) in [6.07, 6.45) is 6.75. The SMILES string of the molecule is NCCCC[C@H](NC(=O)[C@@H](N)CCCCN)C(=O)N1CCN(c2cc3c(cc2F)c(=O)c(C(=O)Nc2ccc([N+](=O)[O-])cc2Cl)cn3C2CC2)CC1. The summed E-state index contributed by atoms with van der Waals surface area (Å²) in [6.45, 7) is 2.14. The Labute approximate surface area is 304 Å². The van der Waals surface area contributed by atoms with Crippen molar-refractivity contribution in [1.29, 1.82) is 0 Å². The fourth-order valence-electron chi connectivity index (χ4n) is 6.38. The summed E-state index contributed by atoms with van der Waals surface area (Å²) in [4.78, 5) is 67.3. The van der Waals surface area contributed by atoms with Gasteiger partial charge in [0.05, 0.1) is 32.9 Å². The van der Waals surface area contributed by atoms with E-state index >= 15 is 4.39 Å². The third-order valence-corrected chi connectivity index (χ3v) is 9.81. The molecule has 2 atom stereocenters. The third kappa shape index (κ3) is 9.04. The van der Waals surface area contributed by atoms with Crippen LogP contribution in [0.15, 0.2) is 41.3 Å². The Hall–Kier alpha value is -4.64. The van der Waals surface area contributed by atoms with Crippen LogP contribution in [0.1, 0.15) is 67.8 Å². The zero-order valence-electron chi connectivity index (χ0n) is 28.8. The van der Waals surface area contributed by atoms with Gasteiger partial charge in [-0.05, 0) is 76.2 Å². The minimum atomic E-state index is -0.784. The van der Waals surface area contributed by atoms with Crippen molar-refractivity contribution in [3.63, 3.8) is 0 Å². The summed E-state index contributed by atoms with van der Waals surface area (Å²) in [5.41, 5.74) is 17.0. The maximum atomic E-state index is 15.8. The van der Waals surface area contributed by atoms with E-state index in [1.807, 2.05) is 4.90 Å². The summed E-state index contributed by atoms with van der Waals surface area (Å²) >= 11 is 6.15. The monoisotopic (exact) mass is 741 g/mol. The largest absolute Gasteiger partial charge is 0.366 e. The molecule has 8 N–H and O–H groups in total. The molecule has 1 saturated carbocycles. The van der Waals surface area contributed by atoms with E-state index in [1.54, 1.807) is 15.5 Å². The van der Waals surface area contributed by atoms with E-state index in [4.69, 9.17) is 28.8 Å². The zero-order valence-corrected chi connectivity index (χ0v) is 29.6. The van der Waals surface area contributed by atoms with Crippen LogP contribution in [0.5, 0.6) is 0 Å². The van der Waals surface area contributed by atoms with E-state index < -0.39 is 40.1 Å². The number of piperazine rings is 1. The number of pyridine rings is 1. The summed E-state index contributed by atoms with van der Waals surface area (Å²) in [6, 6.07) is 4.78. The number of aromatic nitrogens is 1. The Balaban J connectivity index is 1.32. The number of halogens is 2. The molecule has 0 bridgehead atoms. The molecule has 0 spiro atoms. The average molecular weight is 742 g/mol. The summed E-state index contributed by atoms with van der Waals surface area (Å²) in [5.74, 6) is -2.06. The predicted molar refractivity (Wildman–Crippen MR) is 197 cm³/mol. The lowest BCUT2D eigenvalue weighted by molar-refractivity contribution is -0.384. The van der Waals surface area contributed by atoms with E-state index in [9.17, 15) is 29.3 Å². The molecule has 2 fully saturated rings. The van der Waals surface area contributed by atoms with Crippen LogP contribution in [0.2, 0.25) is 5.02 Å². The molecular formula is C35H45ClFN9O6. The van der Waals surface area contributed by atoms with Crippen molar-refractivity contribution in [2.24, 2.45) is 17.2 Å². The Morgan fingerprint density at radius 3 is 2.29 bits per heavy atom. The van der Waals surface area contributed by atoms with Gasteiger partial charge in [0.1, 0.15) is 17.4 Å². The van der Waals surface area contributed by atoms with Crippen LogP contribution in [-0.2, 0) is 9.59 Å². The lowest BCUT2D eigenvalue weighted by Gasteiger charge is -2.38. The number of hydrogen-bond acceptors (Lipinski definition) is 10. The van der Waals surface area contributed by atoms with Crippen molar-refractivity contribution >= 4 is 57.3 Å². The molecule has 1 saturated heterocycles. The van der Waals surface area contributed by atoms with Crippen molar-refractivity contribution in [2.45, 2.75) is 69.5 Å². The van der Waals surface area contributed by atoms with E-state index in [0.29, 0.717) is 63.8 Å². The van der Waals surface area contributed by atoms with Crippen LogP contribution in [0.3, 0.4) is 0 Å². The molecule has 1 aromatic heterocycles. The summed E-state index contributed by atoms with van der Waals surface area (Å²) < 4.78 is 17.6. The number of carbonyl (C=O) groups is 3. The second kappa shape index (κ2) is 17.3. The van der Waals surface area contributed by atoms with Crippen LogP contribution < -0.4 is 38.2 Å². The predicted octanol–water partition coefficient (Wildman–Crippen LogP) is 3.01. The van der Waals surface area contributed by atoms with Crippen LogP contribution in [0.4, 0.5) is 21.5 Å². The Morgan fingerprint density at radius 1 is 1.00 bits per heavy atom. The number of nitrogens with two attached hydrogens (primary N) is 3. The number of unbranched alkanes of at least 4 members (excludes halogenated alkanes) is 2. The molecule has 3 aromatic rings. The van der Waals surface area contributed by atoms with Gasteiger partial charge in [-0.3, -0.25) is 29.3 Å². The van der Waals surface area contributed by atoms with Crippen molar-refractivity contribution < 1.29 is 23.7 Å². The van der Waals surface area contributed by atoms with Gasteiger partial charge in [-0.25, -0.2) is 4.39 Å². The van der Waals surface area contributed by atoms with Crippen molar-refractivity contribution in [2.75, 3.05) is 49.5 Å². The fourth-order valence-corrected chi connectivity index (χ4v) is 6.60. The molecule has 2 heterocycles. The van der Waals surface area contributed by atoms with Gasteiger partial charge in [-0.2, -0.15) is 0 Å². The Morgan fingerprint density at radius 2 is 1.67 bits per heavy atom. The zero-order chi connectivity index (χ0) is 37.5. The van der Waals surface area contributed by atoms with Crippen LogP contribution in [0.25, 0.3) is 10.9 Å². The van der Waals surface area contributed by atoms with Crippen molar-refractivity contribution in [1.82, 2.24) is 14.8 Å². The first-order valence-electron chi connectivity index (χ1n) is 17.6. The molecule has 15 nitrogen and oxygen atoms in total. The first-order chi connectivity index (χ1) is 24.9. The highest BCUT2D eigenvalue weighted by Crippen LogP contribution is 2.38. The van der Waals surface area contributed by atoms with Gasteiger partial charge in [0.2, 0.25) is 17.2 Å². The normalized spacial score (nSPS) is 15.7. The van der Waals surface area contributed by atoms with Gasteiger partial charge in [0.25, 0.3) is 11.6 Å². The number of rotatable bonds is 16. The number of nitrogens with zero attached hydrogens (tertiary/aromatic N) is 4. The maximum Gasteiger partial charge on any atom is 0.271 e. The number of benzene rings is 2. The smallest absolute Gasteiger partial charge is 0.271 e. The van der Waals surface area contributed by atoms with E-state index in [0.717, 1.165) is 31.4 Å². The van der Waals surface area contributed by atoms with E-state index in [-0.39, 0.29) is 58.1 Å². The fraction of sp³-hybridized carbons (Fsp3) is 0.486. The summed E-state index contributed by atoms with van der Waals surface area (Å²) in [7, 11) is 0. The minimum absolute atomic E-state index is 0.00517. The quantitative estimate of drug-likeness (QED) is 0.0820. The topological polar surface area (TPSA) is 225 Å². The third-order valence-electron chi connectivity index (χ3n) is 9.50. The van der Waals surface area contributed by atoms with Crippen molar-refractivity contribution in [3.05, 3.63) is 73.3 Å². The highest BCUT2D eigenvalue weighted by Gasteiger charge is 2.32. The van der Waals surface area contributed by atoms with Gasteiger partial charge in [-0.15, -0.1) is 0 Å². The Kier molecular flexibility index (Phi) is 12.8. The van der Waals surface area contributed by atoms with Gasteiger partial charge in [0.15, 0.2) is 0 Å². The number of amides is 3. The molecule has 1 aliphatic carbocycles. The van der Waals surface area contributed by atoms with Gasteiger partial charge < -0.3 is 42.2 Å². The number of anilines is 2. The number of hydrogen-bond donors (Lipinski definition) is 5.